The molecule has 0 bridgehead atoms. The number of rotatable bonds is 1. The molecular formula is C21H12FNO3. The zero-order valence-electron chi connectivity index (χ0n) is 13.7. The quantitative estimate of drug-likeness (QED) is 0.314. The number of methoxy groups -OCH3 is 1. The van der Waals surface area contributed by atoms with Crippen LogP contribution in [-0.4, -0.2) is 18.1 Å². The van der Waals surface area contributed by atoms with E-state index in [1.807, 2.05) is 24.3 Å². The van der Waals surface area contributed by atoms with Crippen molar-refractivity contribution < 1.29 is 18.7 Å². The number of benzene rings is 3. The molecule has 3 aromatic carbocycles. The second kappa shape index (κ2) is 5.26. The van der Waals surface area contributed by atoms with Crippen LogP contribution in [0, 0.1) is 5.82 Å². The van der Waals surface area contributed by atoms with E-state index in [-0.39, 0.29) is 5.82 Å². The number of carbonyl (C=O) groups excluding carboxylic acids is 1. The lowest BCUT2D eigenvalue weighted by atomic mass is 9.96. The lowest BCUT2D eigenvalue weighted by Gasteiger charge is -2.21. The van der Waals surface area contributed by atoms with E-state index in [0.717, 1.165) is 16.2 Å². The van der Waals surface area contributed by atoms with Crippen molar-refractivity contribution in [1.29, 1.82) is 0 Å². The Kier molecular flexibility index (Phi) is 3.00. The smallest absolute Gasteiger partial charge is 0.337 e. The van der Waals surface area contributed by atoms with Crippen LogP contribution in [0.2, 0.25) is 0 Å². The van der Waals surface area contributed by atoms with Crippen LogP contribution < -0.4 is 4.74 Å². The Balaban J connectivity index is 1.92. The summed E-state index contributed by atoms with van der Waals surface area (Å²) in [5, 5.41) is 2.67. The second-order valence-electron chi connectivity index (χ2n) is 6.11. The Labute approximate surface area is 147 Å². The number of nitrogens with zero attached hydrogens (tertiary/aromatic N) is 1. The highest BCUT2D eigenvalue weighted by atomic mass is 19.1. The second-order valence-corrected chi connectivity index (χ2v) is 6.11. The molecule has 0 radical (unpaired) electrons. The average Bonchev–Trinajstić information content (AvgIpc) is 2.67. The Morgan fingerprint density at radius 3 is 2.77 bits per heavy atom. The van der Waals surface area contributed by atoms with Crippen molar-refractivity contribution in [1.82, 2.24) is 4.98 Å². The standard InChI is InChI=1S/C21H12FNO3/c1-25-21(24)11-5-7-13-14-3-2-4-18-19(14)20(23-16(13)9-11)15-10-12(22)6-8-17(15)26-18/h2-10H,1H3. The van der Waals surface area contributed by atoms with Gasteiger partial charge in [-0.25, -0.2) is 14.2 Å². The maximum Gasteiger partial charge on any atom is 0.337 e. The van der Waals surface area contributed by atoms with E-state index in [1.54, 1.807) is 18.2 Å². The SMILES string of the molecule is COC(=O)c1ccc2c(c1)nc1c3c(cccc32)Oc2ccc(F)cc2-1. The summed E-state index contributed by atoms with van der Waals surface area (Å²) in [6, 6.07) is 15.4. The summed E-state index contributed by atoms with van der Waals surface area (Å²) < 4.78 is 24.6. The molecule has 0 atom stereocenters. The van der Waals surface area contributed by atoms with Crippen molar-refractivity contribution in [2.24, 2.45) is 0 Å². The van der Waals surface area contributed by atoms with Crippen LogP contribution in [0.4, 0.5) is 4.39 Å². The molecule has 26 heavy (non-hydrogen) atoms. The highest BCUT2D eigenvalue weighted by molar-refractivity contribution is 6.15. The number of esters is 1. The van der Waals surface area contributed by atoms with Crippen molar-refractivity contribution in [2.45, 2.75) is 0 Å². The van der Waals surface area contributed by atoms with Crippen molar-refractivity contribution in [3.8, 4) is 22.8 Å². The Bertz CT molecular complexity index is 1230. The summed E-state index contributed by atoms with van der Waals surface area (Å²) in [6.45, 7) is 0. The summed E-state index contributed by atoms with van der Waals surface area (Å²) in [5.74, 6) is 0.460. The van der Waals surface area contributed by atoms with Gasteiger partial charge in [-0.1, -0.05) is 18.2 Å². The molecule has 1 aliphatic rings. The fourth-order valence-corrected chi connectivity index (χ4v) is 3.45. The van der Waals surface area contributed by atoms with Crippen LogP contribution in [0.3, 0.4) is 0 Å². The lowest BCUT2D eigenvalue weighted by Crippen LogP contribution is -2.03. The zero-order chi connectivity index (χ0) is 17.8. The van der Waals surface area contributed by atoms with E-state index < -0.39 is 5.97 Å². The van der Waals surface area contributed by atoms with Crippen molar-refractivity contribution in [2.75, 3.05) is 7.11 Å². The first-order chi connectivity index (χ1) is 12.7. The molecule has 0 saturated carbocycles. The van der Waals surface area contributed by atoms with Gasteiger partial charge in [0.05, 0.1) is 29.3 Å². The molecule has 5 heteroatoms. The number of halogens is 1. The minimum atomic E-state index is -0.425. The van der Waals surface area contributed by atoms with Gasteiger partial charge >= 0.3 is 5.97 Å². The minimum absolute atomic E-state index is 0.356. The third-order valence-corrected chi connectivity index (χ3v) is 4.62. The zero-order valence-corrected chi connectivity index (χ0v) is 13.7. The first-order valence-electron chi connectivity index (χ1n) is 8.08. The maximum atomic E-state index is 13.8. The van der Waals surface area contributed by atoms with E-state index in [4.69, 9.17) is 14.5 Å². The van der Waals surface area contributed by atoms with Crippen molar-refractivity contribution >= 4 is 27.6 Å². The molecule has 0 fully saturated rings. The monoisotopic (exact) mass is 345 g/mol. The molecule has 1 aliphatic heterocycles. The van der Waals surface area contributed by atoms with Crippen LogP contribution >= 0.6 is 0 Å². The van der Waals surface area contributed by atoms with Crippen molar-refractivity contribution in [3.05, 3.63) is 66.0 Å². The number of pyridine rings is 1. The number of fused-ring (bicyclic) bond motifs is 4. The highest BCUT2D eigenvalue weighted by Crippen LogP contribution is 2.47. The summed E-state index contributed by atoms with van der Waals surface area (Å²) in [6.07, 6.45) is 0. The van der Waals surface area contributed by atoms with Crippen LogP contribution in [0.25, 0.3) is 32.9 Å². The van der Waals surface area contributed by atoms with E-state index >= 15 is 0 Å². The summed E-state index contributed by atoms with van der Waals surface area (Å²) >= 11 is 0. The molecule has 0 aliphatic carbocycles. The van der Waals surface area contributed by atoms with Gasteiger partial charge in [0.15, 0.2) is 0 Å². The molecule has 0 saturated heterocycles. The molecule has 0 N–H and O–H groups in total. The van der Waals surface area contributed by atoms with Crippen LogP contribution in [0.1, 0.15) is 10.4 Å². The minimum Gasteiger partial charge on any atom is -0.465 e. The number of aromatic nitrogens is 1. The molecule has 5 rings (SSSR count). The van der Waals surface area contributed by atoms with Gasteiger partial charge in [-0.15, -0.1) is 0 Å². The van der Waals surface area contributed by atoms with Crippen LogP contribution in [0.15, 0.2) is 54.6 Å². The first kappa shape index (κ1) is 14.8. The molecule has 4 aromatic rings. The van der Waals surface area contributed by atoms with Crippen LogP contribution in [-0.2, 0) is 4.74 Å². The fourth-order valence-electron chi connectivity index (χ4n) is 3.45. The molecule has 1 aromatic heterocycles. The Morgan fingerprint density at radius 2 is 1.92 bits per heavy atom. The van der Waals surface area contributed by atoms with E-state index in [9.17, 15) is 9.18 Å². The number of hydrogen-bond donors (Lipinski definition) is 0. The third-order valence-electron chi connectivity index (χ3n) is 4.62. The third kappa shape index (κ3) is 2.00. The lowest BCUT2D eigenvalue weighted by molar-refractivity contribution is 0.0601. The topological polar surface area (TPSA) is 48.4 Å². The van der Waals surface area contributed by atoms with Crippen molar-refractivity contribution in [3.63, 3.8) is 0 Å². The van der Waals surface area contributed by atoms with Gasteiger partial charge in [0, 0.05) is 10.9 Å². The Morgan fingerprint density at radius 1 is 1.04 bits per heavy atom. The average molecular weight is 345 g/mol. The normalized spacial score (nSPS) is 11.9. The first-order valence-corrected chi connectivity index (χ1v) is 8.08. The molecule has 2 heterocycles. The molecule has 126 valence electrons. The molecular weight excluding hydrogens is 333 g/mol. The van der Waals surface area contributed by atoms with Gasteiger partial charge in [-0.2, -0.15) is 0 Å². The van der Waals surface area contributed by atoms with E-state index in [2.05, 4.69) is 0 Å². The fraction of sp³-hybridized carbons (Fsp3) is 0.0476. The summed E-state index contributed by atoms with van der Waals surface area (Å²) in [7, 11) is 1.34. The number of hydrogen-bond acceptors (Lipinski definition) is 4. The number of carbonyl (C=O) groups is 1. The predicted octanol–water partition coefficient (Wildman–Crippen LogP) is 5.09. The van der Waals surface area contributed by atoms with E-state index in [1.165, 1.54) is 19.2 Å². The van der Waals surface area contributed by atoms with E-state index in [0.29, 0.717) is 33.8 Å². The van der Waals surface area contributed by atoms with Gasteiger partial charge in [-0.05, 0) is 41.8 Å². The number of ether oxygens (including phenoxy) is 2. The van der Waals surface area contributed by atoms with Gasteiger partial charge < -0.3 is 9.47 Å². The largest absolute Gasteiger partial charge is 0.465 e. The predicted molar refractivity (Wildman–Crippen MR) is 96.1 cm³/mol. The maximum absolute atomic E-state index is 13.8. The Hall–Kier alpha value is -3.47. The molecule has 4 nitrogen and oxygen atoms in total. The van der Waals surface area contributed by atoms with Gasteiger partial charge in [0.2, 0.25) is 0 Å². The molecule has 0 amide bonds. The molecule has 0 unspecified atom stereocenters. The molecule has 0 spiro atoms. The highest BCUT2D eigenvalue weighted by Gasteiger charge is 2.23. The van der Waals surface area contributed by atoms with Gasteiger partial charge in [-0.3, -0.25) is 0 Å². The van der Waals surface area contributed by atoms with Gasteiger partial charge in [0.1, 0.15) is 17.3 Å². The van der Waals surface area contributed by atoms with Gasteiger partial charge in [0.25, 0.3) is 0 Å². The summed E-state index contributed by atoms with van der Waals surface area (Å²) in [4.78, 5) is 16.6. The summed E-state index contributed by atoms with van der Waals surface area (Å²) in [5.41, 5.74) is 2.30. The van der Waals surface area contributed by atoms with Crippen LogP contribution in [0.5, 0.6) is 11.5 Å².